The monoisotopic (exact) mass is 361 g/mol. The predicted molar refractivity (Wildman–Crippen MR) is 99.9 cm³/mol. The molecule has 1 fully saturated rings. The van der Waals surface area contributed by atoms with Crippen molar-refractivity contribution in [1.29, 1.82) is 0 Å². The van der Waals surface area contributed by atoms with E-state index in [9.17, 15) is 9.59 Å². The van der Waals surface area contributed by atoms with Crippen molar-refractivity contribution in [3.05, 3.63) is 35.4 Å². The van der Waals surface area contributed by atoms with Gasteiger partial charge in [-0.25, -0.2) is 4.79 Å². The van der Waals surface area contributed by atoms with Crippen LogP contribution in [0.3, 0.4) is 0 Å². The lowest BCUT2D eigenvalue weighted by Gasteiger charge is -2.40. The van der Waals surface area contributed by atoms with Crippen LogP contribution in [0.15, 0.2) is 29.3 Å². The number of hydrogen-bond acceptors (Lipinski definition) is 4. The minimum atomic E-state index is -0.489. The summed E-state index contributed by atoms with van der Waals surface area (Å²) in [6, 6.07) is 7.20. The minimum Gasteiger partial charge on any atom is -0.444 e. The molecular formula is C18H27N5O3. The van der Waals surface area contributed by atoms with Gasteiger partial charge in [-0.1, -0.05) is 12.1 Å². The van der Waals surface area contributed by atoms with E-state index in [4.69, 9.17) is 10.5 Å². The maximum Gasteiger partial charge on any atom is 0.410 e. The van der Waals surface area contributed by atoms with Crippen molar-refractivity contribution in [2.24, 2.45) is 10.7 Å². The van der Waals surface area contributed by atoms with Gasteiger partial charge in [0.1, 0.15) is 5.60 Å². The molecule has 26 heavy (non-hydrogen) atoms. The van der Waals surface area contributed by atoms with Crippen molar-refractivity contribution in [1.82, 2.24) is 15.5 Å². The molecular weight excluding hydrogens is 334 g/mol. The number of nitrogens with one attached hydrogen (secondary N) is 2. The van der Waals surface area contributed by atoms with E-state index in [0.717, 1.165) is 5.56 Å². The summed E-state index contributed by atoms with van der Waals surface area (Å²) < 4.78 is 5.33. The van der Waals surface area contributed by atoms with Gasteiger partial charge in [0.2, 0.25) is 5.91 Å². The molecule has 2 amide bonds. The molecule has 0 saturated carbocycles. The Labute approximate surface area is 153 Å². The summed E-state index contributed by atoms with van der Waals surface area (Å²) >= 11 is 0. The molecule has 0 bridgehead atoms. The molecule has 0 aromatic heterocycles. The first-order chi connectivity index (χ1) is 12.2. The van der Waals surface area contributed by atoms with Crippen LogP contribution in [0.2, 0.25) is 0 Å². The topological polar surface area (TPSA) is 109 Å². The highest BCUT2D eigenvalue weighted by molar-refractivity contribution is 5.92. The summed E-state index contributed by atoms with van der Waals surface area (Å²) in [4.78, 5) is 28.8. The SMILES string of the molecule is CN=C(NCc1ccc(C(N)=O)cc1)NC1CN(C(=O)OC(C)(C)C)C1. The summed E-state index contributed by atoms with van der Waals surface area (Å²) in [6.45, 7) is 7.25. The molecule has 1 aromatic rings. The largest absolute Gasteiger partial charge is 0.444 e. The van der Waals surface area contributed by atoms with Crippen LogP contribution in [0.1, 0.15) is 36.7 Å². The lowest BCUT2D eigenvalue weighted by Crippen LogP contribution is -2.63. The van der Waals surface area contributed by atoms with Crippen LogP contribution in [-0.2, 0) is 11.3 Å². The number of benzene rings is 1. The Kier molecular flexibility index (Phi) is 6.07. The normalized spacial score (nSPS) is 15.2. The van der Waals surface area contributed by atoms with Gasteiger partial charge in [0.25, 0.3) is 0 Å². The van der Waals surface area contributed by atoms with Gasteiger partial charge >= 0.3 is 6.09 Å². The minimum absolute atomic E-state index is 0.131. The standard InChI is InChI=1S/C18H27N5O3/c1-18(2,3)26-17(25)23-10-14(11-23)22-16(20-4)21-9-12-5-7-13(8-6-12)15(19)24/h5-8,14H,9-11H2,1-4H3,(H2,19,24)(H2,20,21,22). The fourth-order valence-electron chi connectivity index (χ4n) is 2.41. The smallest absolute Gasteiger partial charge is 0.410 e. The average Bonchev–Trinajstić information content (AvgIpc) is 2.51. The molecule has 1 saturated heterocycles. The van der Waals surface area contributed by atoms with E-state index in [0.29, 0.717) is 31.2 Å². The third-order valence-electron chi connectivity index (χ3n) is 3.80. The molecule has 0 spiro atoms. The first-order valence-electron chi connectivity index (χ1n) is 8.52. The average molecular weight is 361 g/mol. The predicted octanol–water partition coefficient (Wildman–Crippen LogP) is 1.07. The number of hydrogen-bond donors (Lipinski definition) is 3. The number of carbonyl (C=O) groups excluding carboxylic acids is 2. The Hall–Kier alpha value is -2.77. The highest BCUT2D eigenvalue weighted by Gasteiger charge is 2.34. The van der Waals surface area contributed by atoms with Crippen molar-refractivity contribution in [3.8, 4) is 0 Å². The molecule has 0 aliphatic carbocycles. The number of aliphatic imine (C=N–C) groups is 1. The summed E-state index contributed by atoms with van der Waals surface area (Å²) in [7, 11) is 1.69. The van der Waals surface area contributed by atoms with E-state index in [1.165, 1.54) is 0 Å². The van der Waals surface area contributed by atoms with Crippen LogP contribution >= 0.6 is 0 Å². The van der Waals surface area contributed by atoms with Gasteiger partial charge in [-0.15, -0.1) is 0 Å². The zero-order valence-corrected chi connectivity index (χ0v) is 15.7. The first-order valence-corrected chi connectivity index (χ1v) is 8.52. The second kappa shape index (κ2) is 8.07. The van der Waals surface area contributed by atoms with Crippen LogP contribution in [-0.4, -0.2) is 54.6 Å². The molecule has 1 aliphatic heterocycles. The molecule has 1 aliphatic rings. The Bertz CT molecular complexity index is 673. The fraction of sp³-hybridized carbons (Fsp3) is 0.500. The number of amides is 2. The number of primary amides is 1. The van der Waals surface area contributed by atoms with Gasteiger partial charge in [0.05, 0.1) is 6.04 Å². The molecule has 8 heteroatoms. The van der Waals surface area contributed by atoms with Gasteiger partial charge in [-0.2, -0.15) is 0 Å². The van der Waals surface area contributed by atoms with Gasteiger partial charge in [-0.05, 0) is 38.5 Å². The molecule has 0 atom stereocenters. The second-order valence-electron chi connectivity index (χ2n) is 7.21. The summed E-state index contributed by atoms with van der Waals surface area (Å²) in [5, 5.41) is 6.47. The van der Waals surface area contributed by atoms with Crippen molar-refractivity contribution >= 4 is 18.0 Å². The highest BCUT2D eigenvalue weighted by Crippen LogP contribution is 2.15. The van der Waals surface area contributed by atoms with Crippen LogP contribution < -0.4 is 16.4 Å². The van der Waals surface area contributed by atoms with Gasteiger partial charge in [0, 0.05) is 32.2 Å². The lowest BCUT2D eigenvalue weighted by atomic mass is 10.1. The quantitative estimate of drug-likeness (QED) is 0.549. The Morgan fingerprint density at radius 3 is 2.38 bits per heavy atom. The number of likely N-dealkylation sites (tertiary alicyclic amines) is 1. The van der Waals surface area contributed by atoms with E-state index in [2.05, 4.69) is 15.6 Å². The van der Waals surface area contributed by atoms with Crippen LogP contribution in [0.25, 0.3) is 0 Å². The number of guanidine groups is 1. The van der Waals surface area contributed by atoms with Gasteiger partial charge < -0.3 is 26.0 Å². The van der Waals surface area contributed by atoms with Crippen molar-refractivity contribution in [3.63, 3.8) is 0 Å². The maximum atomic E-state index is 11.9. The summed E-state index contributed by atoms with van der Waals surface area (Å²) in [5.41, 5.74) is 6.22. The Balaban J connectivity index is 1.75. The van der Waals surface area contributed by atoms with E-state index < -0.39 is 11.5 Å². The van der Waals surface area contributed by atoms with E-state index in [1.807, 2.05) is 32.9 Å². The maximum absolute atomic E-state index is 11.9. The zero-order chi connectivity index (χ0) is 19.3. The molecule has 4 N–H and O–H groups in total. The number of rotatable bonds is 4. The summed E-state index contributed by atoms with van der Waals surface area (Å²) in [5.74, 6) is 0.208. The first kappa shape index (κ1) is 19.6. The van der Waals surface area contributed by atoms with Gasteiger partial charge in [0.15, 0.2) is 5.96 Å². The zero-order valence-electron chi connectivity index (χ0n) is 15.7. The number of ether oxygens (including phenoxy) is 1. The molecule has 0 unspecified atom stereocenters. The molecule has 1 aromatic carbocycles. The number of nitrogens with two attached hydrogens (primary N) is 1. The van der Waals surface area contributed by atoms with E-state index in [-0.39, 0.29) is 12.1 Å². The highest BCUT2D eigenvalue weighted by atomic mass is 16.6. The van der Waals surface area contributed by atoms with Gasteiger partial charge in [-0.3, -0.25) is 9.79 Å². The molecule has 8 nitrogen and oxygen atoms in total. The molecule has 0 radical (unpaired) electrons. The molecule has 2 rings (SSSR count). The molecule has 142 valence electrons. The summed E-state index contributed by atoms with van der Waals surface area (Å²) in [6.07, 6.45) is -0.298. The number of nitrogens with zero attached hydrogens (tertiary/aromatic N) is 2. The van der Waals surface area contributed by atoms with Crippen molar-refractivity contribution in [2.45, 2.75) is 39.0 Å². The Morgan fingerprint density at radius 2 is 1.88 bits per heavy atom. The third-order valence-corrected chi connectivity index (χ3v) is 3.80. The van der Waals surface area contributed by atoms with Crippen LogP contribution in [0.4, 0.5) is 4.79 Å². The van der Waals surface area contributed by atoms with Crippen LogP contribution in [0, 0.1) is 0 Å². The van der Waals surface area contributed by atoms with E-state index in [1.54, 1.807) is 24.1 Å². The molecule has 1 heterocycles. The number of carbonyl (C=O) groups is 2. The third kappa shape index (κ3) is 5.65. The van der Waals surface area contributed by atoms with Crippen molar-refractivity contribution in [2.75, 3.05) is 20.1 Å². The lowest BCUT2D eigenvalue weighted by molar-refractivity contribution is 0.00700. The fourth-order valence-corrected chi connectivity index (χ4v) is 2.41. The van der Waals surface area contributed by atoms with E-state index >= 15 is 0 Å². The van der Waals surface area contributed by atoms with Crippen molar-refractivity contribution < 1.29 is 14.3 Å². The van der Waals surface area contributed by atoms with Crippen LogP contribution in [0.5, 0.6) is 0 Å². The second-order valence-corrected chi connectivity index (χ2v) is 7.21. The Morgan fingerprint density at radius 1 is 1.27 bits per heavy atom.